The van der Waals surface area contributed by atoms with Gasteiger partial charge in [-0.15, -0.1) is 0 Å². The maximum Gasteiger partial charge on any atom is 0.243 e. The van der Waals surface area contributed by atoms with E-state index in [1.54, 1.807) is 6.21 Å². The number of hydrogen-bond donors (Lipinski definition) is 1. The minimum absolute atomic E-state index is 0.493. The number of nitrogens with zero attached hydrogens (tertiary/aromatic N) is 3. The predicted octanol–water partition coefficient (Wildman–Crippen LogP) is 2.94. The molecule has 0 saturated carbocycles. The Kier molecular flexibility index (Phi) is 4.65. The highest BCUT2D eigenvalue weighted by Gasteiger charge is 2.00. The molecule has 0 radical (unpaired) electrons. The first kappa shape index (κ1) is 14.0. The smallest absolute Gasteiger partial charge is 0.243 e. The van der Waals surface area contributed by atoms with Crippen LogP contribution in [0.1, 0.15) is 23.9 Å². The van der Waals surface area contributed by atoms with E-state index in [4.69, 9.17) is 4.74 Å². The number of para-hydroxylation sites is 1. The van der Waals surface area contributed by atoms with Crippen LogP contribution >= 0.6 is 0 Å². The van der Waals surface area contributed by atoms with Gasteiger partial charge in [-0.1, -0.05) is 12.1 Å². The first-order valence-corrected chi connectivity index (χ1v) is 6.52. The molecule has 5 heteroatoms. The van der Waals surface area contributed by atoms with Crippen LogP contribution in [0.5, 0.6) is 5.75 Å². The van der Waals surface area contributed by atoms with Gasteiger partial charge in [0.2, 0.25) is 5.95 Å². The number of aromatic nitrogens is 2. The Bertz CT molecular complexity index is 590. The highest BCUT2D eigenvalue weighted by Crippen LogP contribution is 2.15. The van der Waals surface area contributed by atoms with Crippen molar-refractivity contribution >= 4 is 12.2 Å². The van der Waals surface area contributed by atoms with E-state index in [0.29, 0.717) is 12.6 Å². The highest BCUT2D eigenvalue weighted by atomic mass is 16.5. The van der Waals surface area contributed by atoms with Crippen molar-refractivity contribution in [3.05, 3.63) is 47.3 Å². The van der Waals surface area contributed by atoms with Crippen molar-refractivity contribution in [1.29, 1.82) is 0 Å². The Balaban J connectivity index is 2.10. The molecule has 1 N–H and O–H groups in total. The molecule has 5 nitrogen and oxygen atoms in total. The summed E-state index contributed by atoms with van der Waals surface area (Å²) in [5.41, 5.74) is 5.56. The zero-order valence-electron chi connectivity index (χ0n) is 11.9. The molecule has 0 unspecified atom stereocenters. The molecular weight excluding hydrogens is 252 g/mol. The molecular formula is C15H18N4O. The van der Waals surface area contributed by atoms with E-state index in [-0.39, 0.29) is 0 Å². The number of benzene rings is 1. The van der Waals surface area contributed by atoms with Gasteiger partial charge in [-0.05, 0) is 39.0 Å². The van der Waals surface area contributed by atoms with Gasteiger partial charge in [0, 0.05) is 17.0 Å². The molecule has 0 spiro atoms. The summed E-state index contributed by atoms with van der Waals surface area (Å²) in [6.07, 6.45) is 1.70. The monoisotopic (exact) mass is 270 g/mol. The number of ether oxygens (including phenoxy) is 1. The Labute approximate surface area is 118 Å². The molecule has 0 fully saturated rings. The SMILES string of the molecule is CCOc1ccccc1/C=N\Nc1nc(C)cc(C)n1. The van der Waals surface area contributed by atoms with E-state index in [1.807, 2.05) is 51.1 Å². The molecule has 1 heterocycles. The van der Waals surface area contributed by atoms with Crippen molar-refractivity contribution in [2.45, 2.75) is 20.8 Å². The van der Waals surface area contributed by atoms with Crippen LogP contribution in [0.3, 0.4) is 0 Å². The first-order valence-electron chi connectivity index (χ1n) is 6.52. The fourth-order valence-corrected chi connectivity index (χ4v) is 1.81. The molecule has 20 heavy (non-hydrogen) atoms. The van der Waals surface area contributed by atoms with Crippen molar-refractivity contribution in [2.24, 2.45) is 5.10 Å². The fourth-order valence-electron chi connectivity index (χ4n) is 1.81. The summed E-state index contributed by atoms with van der Waals surface area (Å²) in [6, 6.07) is 9.65. The zero-order chi connectivity index (χ0) is 14.4. The number of anilines is 1. The Hall–Kier alpha value is -2.43. The third-order valence-electron chi connectivity index (χ3n) is 2.57. The van der Waals surface area contributed by atoms with Crippen LogP contribution in [-0.4, -0.2) is 22.8 Å². The number of nitrogens with one attached hydrogen (secondary N) is 1. The maximum absolute atomic E-state index is 5.53. The maximum atomic E-state index is 5.53. The van der Waals surface area contributed by atoms with E-state index in [2.05, 4.69) is 20.5 Å². The van der Waals surface area contributed by atoms with Gasteiger partial charge in [0.15, 0.2) is 0 Å². The van der Waals surface area contributed by atoms with Crippen molar-refractivity contribution in [2.75, 3.05) is 12.0 Å². The standard InChI is InChI=1S/C15H18N4O/c1-4-20-14-8-6-5-7-13(14)10-16-19-15-17-11(2)9-12(3)18-15/h5-10H,4H2,1-3H3,(H,17,18,19)/b16-10-. The summed E-state index contributed by atoms with van der Waals surface area (Å²) in [5, 5.41) is 4.16. The normalized spacial score (nSPS) is 10.8. The van der Waals surface area contributed by atoms with Gasteiger partial charge in [-0.3, -0.25) is 0 Å². The first-order chi connectivity index (χ1) is 9.69. The van der Waals surface area contributed by atoms with Crippen molar-refractivity contribution in [1.82, 2.24) is 9.97 Å². The van der Waals surface area contributed by atoms with Crippen molar-refractivity contribution in [3.8, 4) is 5.75 Å². The number of aryl methyl sites for hydroxylation is 2. The minimum Gasteiger partial charge on any atom is -0.493 e. The summed E-state index contributed by atoms with van der Waals surface area (Å²) in [5.74, 6) is 1.30. The molecule has 0 atom stereocenters. The van der Waals surface area contributed by atoms with E-state index < -0.39 is 0 Å². The highest BCUT2D eigenvalue weighted by molar-refractivity contribution is 5.83. The molecule has 1 aromatic carbocycles. The molecule has 1 aromatic heterocycles. The Morgan fingerprint density at radius 3 is 2.60 bits per heavy atom. The van der Waals surface area contributed by atoms with Gasteiger partial charge in [0.05, 0.1) is 12.8 Å². The molecule has 2 aromatic rings. The van der Waals surface area contributed by atoms with Crippen molar-refractivity contribution < 1.29 is 4.74 Å². The molecule has 104 valence electrons. The van der Waals surface area contributed by atoms with Crippen LogP contribution < -0.4 is 10.2 Å². The summed E-state index contributed by atoms with van der Waals surface area (Å²) in [4.78, 5) is 8.51. The van der Waals surface area contributed by atoms with Gasteiger partial charge in [0.25, 0.3) is 0 Å². The van der Waals surface area contributed by atoms with Gasteiger partial charge < -0.3 is 4.74 Å². The predicted molar refractivity (Wildman–Crippen MR) is 80.3 cm³/mol. The third-order valence-corrected chi connectivity index (χ3v) is 2.57. The average molecular weight is 270 g/mol. The van der Waals surface area contributed by atoms with E-state index in [9.17, 15) is 0 Å². The van der Waals surface area contributed by atoms with Crippen LogP contribution in [0, 0.1) is 13.8 Å². The Morgan fingerprint density at radius 1 is 1.20 bits per heavy atom. The molecule has 0 amide bonds. The second kappa shape index (κ2) is 6.65. The summed E-state index contributed by atoms with van der Waals surface area (Å²) in [7, 11) is 0. The minimum atomic E-state index is 0.493. The van der Waals surface area contributed by atoms with Crippen LogP contribution in [0.2, 0.25) is 0 Å². The molecule has 0 saturated heterocycles. The quantitative estimate of drug-likeness (QED) is 0.670. The van der Waals surface area contributed by atoms with Gasteiger partial charge in [-0.25, -0.2) is 15.4 Å². The zero-order valence-corrected chi connectivity index (χ0v) is 11.9. The molecule has 2 rings (SSSR count). The second-order valence-electron chi connectivity index (χ2n) is 4.32. The van der Waals surface area contributed by atoms with Crippen LogP contribution in [0.15, 0.2) is 35.4 Å². The summed E-state index contributed by atoms with van der Waals surface area (Å²) >= 11 is 0. The van der Waals surface area contributed by atoms with Crippen LogP contribution in [0.25, 0.3) is 0 Å². The summed E-state index contributed by atoms with van der Waals surface area (Å²) in [6.45, 7) is 6.43. The largest absolute Gasteiger partial charge is 0.493 e. The molecule has 0 bridgehead atoms. The third kappa shape index (κ3) is 3.78. The van der Waals surface area contributed by atoms with Crippen LogP contribution in [-0.2, 0) is 0 Å². The lowest BCUT2D eigenvalue weighted by molar-refractivity contribution is 0.340. The topological polar surface area (TPSA) is 59.4 Å². The second-order valence-corrected chi connectivity index (χ2v) is 4.32. The van der Waals surface area contributed by atoms with Gasteiger partial charge in [0.1, 0.15) is 5.75 Å². The Morgan fingerprint density at radius 2 is 1.90 bits per heavy atom. The van der Waals surface area contributed by atoms with Gasteiger partial charge >= 0.3 is 0 Å². The average Bonchev–Trinajstić information content (AvgIpc) is 2.40. The van der Waals surface area contributed by atoms with E-state index in [0.717, 1.165) is 22.7 Å². The number of rotatable bonds is 5. The molecule has 0 aliphatic carbocycles. The number of hydrogen-bond acceptors (Lipinski definition) is 5. The van der Waals surface area contributed by atoms with Crippen molar-refractivity contribution in [3.63, 3.8) is 0 Å². The lowest BCUT2D eigenvalue weighted by atomic mass is 10.2. The lowest BCUT2D eigenvalue weighted by Gasteiger charge is -2.06. The van der Waals surface area contributed by atoms with E-state index in [1.165, 1.54) is 0 Å². The molecule has 0 aliphatic rings. The lowest BCUT2D eigenvalue weighted by Crippen LogP contribution is -2.00. The fraction of sp³-hybridized carbons (Fsp3) is 0.267. The van der Waals surface area contributed by atoms with Crippen LogP contribution in [0.4, 0.5) is 5.95 Å². The van der Waals surface area contributed by atoms with Gasteiger partial charge in [-0.2, -0.15) is 5.10 Å². The summed E-state index contributed by atoms with van der Waals surface area (Å²) < 4.78 is 5.53. The molecule has 0 aliphatic heterocycles. The number of hydrazone groups is 1. The van der Waals surface area contributed by atoms with E-state index >= 15 is 0 Å².